The lowest BCUT2D eigenvalue weighted by Gasteiger charge is -2.37. The van der Waals surface area contributed by atoms with Crippen molar-refractivity contribution >= 4 is 11.8 Å². The SMILES string of the molecule is COCCC1CCN(C(=O)C2CCN(C(C)=O)CC2)CC1. The van der Waals surface area contributed by atoms with Gasteiger partial charge in [-0.1, -0.05) is 0 Å². The number of piperidine rings is 2. The molecule has 0 aromatic carbocycles. The Balaban J connectivity index is 1.74. The van der Waals surface area contributed by atoms with Gasteiger partial charge in [-0.25, -0.2) is 0 Å². The van der Waals surface area contributed by atoms with Crippen LogP contribution < -0.4 is 0 Å². The van der Waals surface area contributed by atoms with Gasteiger partial charge in [0.15, 0.2) is 0 Å². The van der Waals surface area contributed by atoms with Gasteiger partial charge in [0.25, 0.3) is 0 Å². The van der Waals surface area contributed by atoms with Crippen LogP contribution in [0.4, 0.5) is 0 Å². The molecule has 21 heavy (non-hydrogen) atoms. The molecule has 0 radical (unpaired) electrons. The second kappa shape index (κ2) is 7.78. The molecule has 0 aromatic heterocycles. The zero-order chi connectivity index (χ0) is 15.2. The molecule has 0 bridgehead atoms. The molecule has 0 saturated carbocycles. The molecule has 0 aromatic rings. The molecule has 2 aliphatic rings. The Bertz CT molecular complexity index is 357. The third-order valence-corrected chi connectivity index (χ3v) is 4.95. The van der Waals surface area contributed by atoms with Crippen LogP contribution in [0.2, 0.25) is 0 Å². The molecule has 0 unspecified atom stereocenters. The average molecular weight is 296 g/mol. The van der Waals surface area contributed by atoms with E-state index in [-0.39, 0.29) is 11.8 Å². The molecule has 2 amide bonds. The minimum Gasteiger partial charge on any atom is -0.385 e. The van der Waals surface area contributed by atoms with Crippen molar-refractivity contribution in [1.29, 1.82) is 0 Å². The second-order valence-corrected chi connectivity index (χ2v) is 6.33. The highest BCUT2D eigenvalue weighted by Crippen LogP contribution is 2.25. The van der Waals surface area contributed by atoms with E-state index >= 15 is 0 Å². The van der Waals surface area contributed by atoms with Crippen LogP contribution in [0, 0.1) is 11.8 Å². The normalized spacial score (nSPS) is 21.6. The first-order chi connectivity index (χ1) is 10.1. The van der Waals surface area contributed by atoms with Crippen LogP contribution >= 0.6 is 0 Å². The van der Waals surface area contributed by atoms with Gasteiger partial charge in [0.2, 0.25) is 11.8 Å². The number of hydrogen-bond acceptors (Lipinski definition) is 3. The fraction of sp³-hybridized carbons (Fsp3) is 0.875. The Labute approximate surface area is 127 Å². The number of amides is 2. The monoisotopic (exact) mass is 296 g/mol. The third-order valence-electron chi connectivity index (χ3n) is 4.95. The summed E-state index contributed by atoms with van der Waals surface area (Å²) in [6.45, 7) is 5.67. The van der Waals surface area contributed by atoms with E-state index in [1.54, 1.807) is 14.0 Å². The Morgan fingerprint density at radius 2 is 1.57 bits per heavy atom. The van der Waals surface area contributed by atoms with Crippen molar-refractivity contribution in [2.75, 3.05) is 39.9 Å². The Hall–Kier alpha value is -1.10. The minimum absolute atomic E-state index is 0.121. The predicted octanol–water partition coefficient (Wildman–Crippen LogP) is 1.52. The molecule has 2 aliphatic heterocycles. The van der Waals surface area contributed by atoms with Crippen molar-refractivity contribution in [3.8, 4) is 0 Å². The lowest BCUT2D eigenvalue weighted by Crippen LogP contribution is -2.46. The number of carbonyl (C=O) groups excluding carboxylic acids is 2. The third kappa shape index (κ3) is 4.43. The number of rotatable bonds is 4. The maximum Gasteiger partial charge on any atom is 0.225 e. The van der Waals surface area contributed by atoms with Gasteiger partial charge < -0.3 is 14.5 Å². The van der Waals surface area contributed by atoms with E-state index in [1.807, 2.05) is 9.80 Å². The van der Waals surface area contributed by atoms with Crippen molar-refractivity contribution in [3.05, 3.63) is 0 Å². The van der Waals surface area contributed by atoms with Crippen molar-refractivity contribution in [1.82, 2.24) is 9.80 Å². The van der Waals surface area contributed by atoms with Crippen LogP contribution in [0.1, 0.15) is 39.0 Å². The maximum absolute atomic E-state index is 12.5. The smallest absolute Gasteiger partial charge is 0.225 e. The van der Waals surface area contributed by atoms with Crippen LogP contribution in [0.15, 0.2) is 0 Å². The summed E-state index contributed by atoms with van der Waals surface area (Å²) in [4.78, 5) is 27.8. The molecule has 120 valence electrons. The number of methoxy groups -OCH3 is 1. The Morgan fingerprint density at radius 1 is 1.00 bits per heavy atom. The molecular weight excluding hydrogens is 268 g/mol. The lowest BCUT2D eigenvalue weighted by molar-refractivity contribution is -0.141. The lowest BCUT2D eigenvalue weighted by atomic mass is 9.91. The summed E-state index contributed by atoms with van der Waals surface area (Å²) in [5, 5.41) is 0. The molecule has 2 fully saturated rings. The fourth-order valence-electron chi connectivity index (χ4n) is 3.43. The van der Waals surface area contributed by atoms with Crippen LogP contribution in [0.5, 0.6) is 0 Å². The van der Waals surface area contributed by atoms with Gasteiger partial charge in [0.05, 0.1) is 0 Å². The van der Waals surface area contributed by atoms with Crippen LogP contribution in [0.25, 0.3) is 0 Å². The molecule has 2 heterocycles. The zero-order valence-corrected chi connectivity index (χ0v) is 13.3. The van der Waals surface area contributed by atoms with Crippen molar-refractivity contribution in [2.45, 2.75) is 39.0 Å². The van der Waals surface area contributed by atoms with Gasteiger partial charge in [0, 0.05) is 52.7 Å². The Kier molecular flexibility index (Phi) is 6.03. The van der Waals surface area contributed by atoms with Crippen molar-refractivity contribution in [2.24, 2.45) is 11.8 Å². The van der Waals surface area contributed by atoms with E-state index in [0.717, 1.165) is 64.9 Å². The first kappa shape index (κ1) is 16.3. The van der Waals surface area contributed by atoms with Gasteiger partial charge in [-0.05, 0) is 38.0 Å². The quantitative estimate of drug-likeness (QED) is 0.790. The molecule has 0 atom stereocenters. The van der Waals surface area contributed by atoms with E-state index in [1.165, 1.54) is 0 Å². The first-order valence-electron chi connectivity index (χ1n) is 8.15. The number of nitrogens with zero attached hydrogens (tertiary/aromatic N) is 2. The average Bonchev–Trinajstić information content (AvgIpc) is 2.53. The highest BCUT2D eigenvalue weighted by Gasteiger charge is 2.31. The standard InChI is InChI=1S/C16H28N2O3/c1-13(19)17-10-5-15(6-11-17)16(20)18-8-3-14(4-9-18)7-12-21-2/h14-15H,3-12H2,1-2H3. The molecule has 2 rings (SSSR count). The molecule has 0 aliphatic carbocycles. The summed E-state index contributed by atoms with van der Waals surface area (Å²) in [5.74, 6) is 1.26. The second-order valence-electron chi connectivity index (χ2n) is 6.33. The largest absolute Gasteiger partial charge is 0.385 e. The number of likely N-dealkylation sites (tertiary alicyclic amines) is 2. The number of hydrogen-bond donors (Lipinski definition) is 0. The summed E-state index contributed by atoms with van der Waals surface area (Å²) in [6, 6.07) is 0. The van der Waals surface area contributed by atoms with Gasteiger partial charge in [-0.3, -0.25) is 9.59 Å². The van der Waals surface area contributed by atoms with Crippen LogP contribution in [0.3, 0.4) is 0 Å². The summed E-state index contributed by atoms with van der Waals surface area (Å²) in [6.07, 6.45) is 4.95. The minimum atomic E-state index is 0.121. The van der Waals surface area contributed by atoms with E-state index in [4.69, 9.17) is 4.74 Å². The maximum atomic E-state index is 12.5. The zero-order valence-electron chi connectivity index (χ0n) is 13.3. The van der Waals surface area contributed by atoms with E-state index in [9.17, 15) is 9.59 Å². The summed E-state index contributed by atoms with van der Waals surface area (Å²) < 4.78 is 5.13. The Morgan fingerprint density at radius 3 is 2.10 bits per heavy atom. The predicted molar refractivity (Wildman–Crippen MR) is 80.8 cm³/mol. The number of ether oxygens (including phenoxy) is 1. The summed E-state index contributed by atoms with van der Waals surface area (Å²) >= 11 is 0. The van der Waals surface area contributed by atoms with Crippen LogP contribution in [-0.2, 0) is 14.3 Å². The van der Waals surface area contributed by atoms with E-state index in [2.05, 4.69) is 0 Å². The first-order valence-corrected chi connectivity index (χ1v) is 8.15. The molecular formula is C16H28N2O3. The topological polar surface area (TPSA) is 49.9 Å². The van der Waals surface area contributed by atoms with Crippen molar-refractivity contribution < 1.29 is 14.3 Å². The molecule has 0 spiro atoms. The van der Waals surface area contributed by atoms with Gasteiger partial charge in [0.1, 0.15) is 0 Å². The molecule has 0 N–H and O–H groups in total. The molecule has 5 heteroatoms. The fourth-order valence-corrected chi connectivity index (χ4v) is 3.43. The van der Waals surface area contributed by atoms with E-state index < -0.39 is 0 Å². The van der Waals surface area contributed by atoms with Gasteiger partial charge in [-0.2, -0.15) is 0 Å². The van der Waals surface area contributed by atoms with Gasteiger partial charge >= 0.3 is 0 Å². The highest BCUT2D eigenvalue weighted by molar-refractivity contribution is 5.79. The molecule has 5 nitrogen and oxygen atoms in total. The van der Waals surface area contributed by atoms with Gasteiger partial charge in [-0.15, -0.1) is 0 Å². The molecule has 2 saturated heterocycles. The number of carbonyl (C=O) groups is 2. The highest BCUT2D eigenvalue weighted by atomic mass is 16.5. The van der Waals surface area contributed by atoms with E-state index in [0.29, 0.717) is 11.8 Å². The van der Waals surface area contributed by atoms with Crippen LogP contribution in [-0.4, -0.2) is 61.5 Å². The van der Waals surface area contributed by atoms with Crippen molar-refractivity contribution in [3.63, 3.8) is 0 Å². The summed E-state index contributed by atoms with van der Waals surface area (Å²) in [5.41, 5.74) is 0. The summed E-state index contributed by atoms with van der Waals surface area (Å²) in [7, 11) is 1.74.